The molecular weight excluding hydrogens is 520 g/mol. The van der Waals surface area contributed by atoms with Crippen LogP contribution in [0.4, 0.5) is 0 Å². The summed E-state index contributed by atoms with van der Waals surface area (Å²) in [6.07, 6.45) is 2.40. The molecule has 2 aromatic rings. The number of Topliss-reactive ketones (excluding diaryl/α,β-unsaturated/α-hetero) is 2. The predicted molar refractivity (Wildman–Crippen MR) is 141 cm³/mol. The second-order valence-corrected chi connectivity index (χ2v) is 10.1. The Hall–Kier alpha value is -3.52. The first-order valence-electron chi connectivity index (χ1n) is 13.2. The van der Waals surface area contributed by atoms with Crippen LogP contribution in [0.25, 0.3) is 0 Å². The monoisotopic (exact) mass is 554 g/mol. The van der Waals surface area contributed by atoms with Gasteiger partial charge < -0.3 is 31.4 Å². The predicted octanol–water partition coefficient (Wildman–Crippen LogP) is -0.0230. The molecule has 2 saturated heterocycles. The highest BCUT2D eigenvalue weighted by atomic mass is 16.7. The largest absolute Gasteiger partial charge is 0.369 e. The van der Waals surface area contributed by atoms with E-state index in [0.717, 1.165) is 10.1 Å². The van der Waals surface area contributed by atoms with Crippen LogP contribution in [0, 0.1) is 0 Å². The Balaban J connectivity index is 1.83. The maximum Gasteiger partial charge on any atom is 0.369 e. The Labute approximate surface area is 231 Å². The highest BCUT2D eigenvalue weighted by Crippen LogP contribution is 2.34. The first-order valence-corrected chi connectivity index (χ1v) is 13.2. The van der Waals surface area contributed by atoms with Crippen LogP contribution in [0.2, 0.25) is 0 Å². The van der Waals surface area contributed by atoms with Crippen LogP contribution in [0.3, 0.4) is 0 Å². The topological polar surface area (TPSA) is 186 Å². The van der Waals surface area contributed by atoms with Gasteiger partial charge in [0.2, 0.25) is 11.6 Å². The minimum absolute atomic E-state index is 0.0719. The molecule has 4 rings (SSSR count). The zero-order valence-corrected chi connectivity index (χ0v) is 22.0. The molecule has 40 heavy (non-hydrogen) atoms. The third-order valence-corrected chi connectivity index (χ3v) is 7.11. The third kappa shape index (κ3) is 5.82. The van der Waals surface area contributed by atoms with Crippen molar-refractivity contribution in [3.8, 4) is 0 Å². The Kier molecular flexibility index (Phi) is 9.08. The molecule has 4 atom stereocenters. The van der Waals surface area contributed by atoms with Gasteiger partial charge in [0.05, 0.1) is 13.1 Å². The lowest BCUT2D eigenvalue weighted by molar-refractivity contribution is -0.239. The zero-order valence-electron chi connectivity index (χ0n) is 22.0. The van der Waals surface area contributed by atoms with Gasteiger partial charge in [0.1, 0.15) is 0 Å². The van der Waals surface area contributed by atoms with Crippen molar-refractivity contribution >= 4 is 23.5 Å². The lowest BCUT2D eigenvalue weighted by Crippen LogP contribution is -2.73. The molecule has 2 aromatic carbocycles. The summed E-state index contributed by atoms with van der Waals surface area (Å²) in [4.78, 5) is 66.0. The summed E-state index contributed by atoms with van der Waals surface area (Å²) in [5.41, 5.74) is 3.93. The van der Waals surface area contributed by atoms with Gasteiger partial charge in [0, 0.05) is 36.3 Å². The number of carbonyl (C=O) groups excluding carboxylic acids is 4. The van der Waals surface area contributed by atoms with E-state index in [4.69, 9.17) is 21.1 Å². The Morgan fingerprint density at radius 2 is 1.02 bits per heavy atom. The molecule has 6 N–H and O–H groups in total. The summed E-state index contributed by atoms with van der Waals surface area (Å²) < 4.78 is 0. The number of nitrogens with two attached hydrogens (primary N) is 2. The molecule has 214 valence electrons. The van der Waals surface area contributed by atoms with Gasteiger partial charge in [-0.25, -0.2) is 9.59 Å². The summed E-state index contributed by atoms with van der Waals surface area (Å²) in [7, 11) is 0. The van der Waals surface area contributed by atoms with E-state index in [0.29, 0.717) is 25.7 Å². The molecule has 2 fully saturated rings. The van der Waals surface area contributed by atoms with Gasteiger partial charge in [0.15, 0.2) is 0 Å². The number of piperidine rings is 2. The number of hydroxylamine groups is 4. The molecule has 2 aliphatic heterocycles. The van der Waals surface area contributed by atoms with Gasteiger partial charge in [0.25, 0.3) is 11.2 Å². The summed E-state index contributed by atoms with van der Waals surface area (Å²) in [6, 6.07) is 13.3. The van der Waals surface area contributed by atoms with Crippen LogP contribution in [-0.4, -0.2) is 93.3 Å². The van der Waals surface area contributed by atoms with Crippen molar-refractivity contribution in [3.05, 3.63) is 71.8 Å². The van der Waals surface area contributed by atoms with Gasteiger partial charge in [-0.3, -0.25) is 9.59 Å². The van der Waals surface area contributed by atoms with E-state index in [1.54, 1.807) is 12.1 Å². The SMILES string of the molecule is N[C@H]1CCCN(OC(=O)C(O)(C(=O)c2ccccc2)C(O)(C(=O)ON2CCC[C@H](N)C2)C(=O)c2ccccc2)C1. The average Bonchev–Trinajstić information content (AvgIpc) is 2.96. The van der Waals surface area contributed by atoms with Crippen molar-refractivity contribution in [1.29, 1.82) is 0 Å². The standard InChI is InChI=1S/C28H34N4O8/c29-21-13-7-15-31(17-21)39-25(35)27(37,23(33)19-9-3-1-4-10-19)28(38,24(34)20-11-5-2-6-12-20)26(36)40-32-16-8-14-22(30)18-32/h1-6,9-12,21-22,37-38H,7-8,13-18,29-30H2/t21-,22-,27?,28?/m0/s1. The molecule has 2 unspecified atom stereocenters. The highest BCUT2D eigenvalue weighted by Gasteiger charge is 2.71. The van der Waals surface area contributed by atoms with Crippen LogP contribution >= 0.6 is 0 Å². The normalized spacial score (nSPS) is 23.3. The van der Waals surface area contributed by atoms with E-state index in [-0.39, 0.29) is 49.4 Å². The number of benzene rings is 2. The second kappa shape index (κ2) is 12.3. The molecule has 0 aromatic heterocycles. The molecule has 0 spiro atoms. The molecule has 0 bridgehead atoms. The van der Waals surface area contributed by atoms with E-state index in [9.17, 15) is 29.4 Å². The van der Waals surface area contributed by atoms with E-state index in [1.807, 2.05) is 0 Å². The van der Waals surface area contributed by atoms with Crippen molar-refractivity contribution in [2.45, 2.75) is 49.0 Å². The van der Waals surface area contributed by atoms with Crippen LogP contribution in [0.1, 0.15) is 46.4 Å². The number of carbonyl (C=O) groups is 4. The molecule has 0 radical (unpaired) electrons. The number of aliphatic hydroxyl groups is 2. The Bertz CT molecular complexity index is 1130. The minimum Gasteiger partial charge on any atom is -0.368 e. The van der Waals surface area contributed by atoms with Crippen LogP contribution in [0.5, 0.6) is 0 Å². The Morgan fingerprint density at radius 3 is 1.35 bits per heavy atom. The average molecular weight is 555 g/mol. The fourth-order valence-electron chi connectivity index (χ4n) is 4.89. The smallest absolute Gasteiger partial charge is 0.368 e. The minimum atomic E-state index is -3.75. The fraction of sp³-hybridized carbons (Fsp3) is 0.429. The second-order valence-electron chi connectivity index (χ2n) is 10.1. The molecule has 0 amide bonds. The van der Waals surface area contributed by atoms with Gasteiger partial charge in [-0.05, 0) is 25.7 Å². The van der Waals surface area contributed by atoms with Crippen molar-refractivity contribution in [2.24, 2.45) is 11.5 Å². The van der Waals surface area contributed by atoms with Gasteiger partial charge in [-0.1, -0.05) is 60.7 Å². The third-order valence-electron chi connectivity index (χ3n) is 7.11. The quantitative estimate of drug-likeness (QED) is 0.240. The van der Waals surface area contributed by atoms with Crippen molar-refractivity contribution < 1.29 is 39.1 Å². The number of ketones is 2. The molecule has 12 nitrogen and oxygen atoms in total. The summed E-state index contributed by atoms with van der Waals surface area (Å²) >= 11 is 0. The molecule has 2 heterocycles. The summed E-state index contributed by atoms with van der Waals surface area (Å²) in [5, 5.41) is 26.3. The zero-order chi connectivity index (χ0) is 28.9. The van der Waals surface area contributed by atoms with Crippen molar-refractivity contribution in [3.63, 3.8) is 0 Å². The number of nitrogens with zero attached hydrogens (tertiary/aromatic N) is 2. The molecular formula is C28H34N4O8. The van der Waals surface area contributed by atoms with Gasteiger partial charge >= 0.3 is 11.9 Å². The Morgan fingerprint density at radius 1 is 0.675 bits per heavy atom. The highest BCUT2D eigenvalue weighted by molar-refractivity contribution is 6.28. The first-order chi connectivity index (χ1) is 19.1. The number of hydrogen-bond donors (Lipinski definition) is 4. The molecule has 0 aliphatic carbocycles. The van der Waals surface area contributed by atoms with E-state index < -0.39 is 34.7 Å². The van der Waals surface area contributed by atoms with Crippen LogP contribution in [0.15, 0.2) is 60.7 Å². The lowest BCUT2D eigenvalue weighted by Gasteiger charge is -2.40. The summed E-state index contributed by atoms with van der Waals surface area (Å²) in [6.45, 7) is 0.581. The van der Waals surface area contributed by atoms with Crippen molar-refractivity contribution in [1.82, 2.24) is 10.1 Å². The molecule has 2 aliphatic rings. The van der Waals surface area contributed by atoms with E-state index in [1.165, 1.54) is 48.5 Å². The molecule has 12 heteroatoms. The number of hydrogen-bond acceptors (Lipinski definition) is 12. The first kappa shape index (κ1) is 29.5. The van der Waals surface area contributed by atoms with Gasteiger partial charge in [-0.15, -0.1) is 10.1 Å². The maximum absolute atomic E-state index is 13.9. The van der Waals surface area contributed by atoms with Crippen LogP contribution < -0.4 is 11.5 Å². The van der Waals surface area contributed by atoms with E-state index >= 15 is 0 Å². The van der Waals surface area contributed by atoms with Gasteiger partial charge in [-0.2, -0.15) is 0 Å². The van der Waals surface area contributed by atoms with Crippen molar-refractivity contribution in [2.75, 3.05) is 26.2 Å². The summed E-state index contributed by atoms with van der Waals surface area (Å²) in [5.74, 6) is -6.32. The number of rotatable bonds is 9. The lowest BCUT2D eigenvalue weighted by atomic mass is 9.73. The van der Waals surface area contributed by atoms with E-state index in [2.05, 4.69) is 0 Å². The van der Waals surface area contributed by atoms with Crippen LogP contribution in [-0.2, 0) is 19.3 Å². The fourth-order valence-corrected chi connectivity index (χ4v) is 4.89. The molecule has 0 saturated carbocycles. The maximum atomic E-state index is 13.9.